The second-order valence-corrected chi connectivity index (χ2v) is 9.23. The Morgan fingerprint density at radius 2 is 2.24 bits per heavy atom. The fourth-order valence-corrected chi connectivity index (χ4v) is 5.43. The molecule has 2 fully saturated rings. The van der Waals surface area contributed by atoms with Crippen molar-refractivity contribution in [3.63, 3.8) is 0 Å². The molecule has 2 heterocycles. The summed E-state index contributed by atoms with van der Waals surface area (Å²) in [6.45, 7) is 5.65. The van der Waals surface area contributed by atoms with Gasteiger partial charge >= 0.3 is 0 Å². The van der Waals surface area contributed by atoms with E-state index in [2.05, 4.69) is 22.4 Å². The summed E-state index contributed by atoms with van der Waals surface area (Å²) in [6, 6.07) is 0.543. The van der Waals surface area contributed by atoms with Gasteiger partial charge in [0.05, 0.1) is 0 Å². The van der Waals surface area contributed by atoms with Gasteiger partial charge in [-0.25, -0.2) is 8.42 Å². The zero-order valence-electron chi connectivity index (χ0n) is 12.4. The molecule has 21 heavy (non-hydrogen) atoms. The average molecular weight is 330 g/mol. The lowest BCUT2D eigenvalue weighted by molar-refractivity contribution is 0.421. The predicted octanol–water partition coefficient (Wildman–Crippen LogP) is 1.10. The van der Waals surface area contributed by atoms with Gasteiger partial charge in [-0.15, -0.1) is 0 Å². The number of hydrogen-bond acceptors (Lipinski definition) is 5. The molecule has 0 amide bonds. The third-order valence-corrected chi connectivity index (χ3v) is 6.94. The highest BCUT2D eigenvalue weighted by molar-refractivity contribution is 8.00. The first-order valence-electron chi connectivity index (χ1n) is 7.37. The van der Waals surface area contributed by atoms with Crippen LogP contribution in [-0.2, 0) is 16.6 Å². The number of sulfonamides is 1. The first-order valence-corrected chi connectivity index (χ1v) is 9.86. The number of aryl methyl sites for hydroxylation is 1. The number of hydrogen-bond donors (Lipinski definition) is 2. The number of aromatic amines is 1. The first kappa shape index (κ1) is 15.3. The summed E-state index contributed by atoms with van der Waals surface area (Å²) in [5, 5.41) is 10.8. The number of aromatic nitrogens is 2. The lowest BCUT2D eigenvalue weighted by atomic mass is 10.2. The molecule has 1 saturated carbocycles. The molecule has 1 aliphatic heterocycles. The smallest absolute Gasteiger partial charge is 0.262 e. The number of nitrogens with zero attached hydrogens (tertiary/aromatic N) is 2. The van der Waals surface area contributed by atoms with E-state index >= 15 is 0 Å². The van der Waals surface area contributed by atoms with Crippen LogP contribution >= 0.6 is 11.8 Å². The largest absolute Gasteiger partial charge is 0.310 e. The molecule has 2 aliphatic rings. The van der Waals surface area contributed by atoms with Crippen LogP contribution in [0.2, 0.25) is 0 Å². The van der Waals surface area contributed by atoms with Crippen molar-refractivity contribution in [1.29, 1.82) is 0 Å². The third kappa shape index (κ3) is 3.28. The molecule has 1 aromatic heterocycles. The molecule has 0 spiro atoms. The minimum atomic E-state index is -3.49. The fourth-order valence-electron chi connectivity index (χ4n) is 2.51. The van der Waals surface area contributed by atoms with Crippen molar-refractivity contribution >= 4 is 21.8 Å². The van der Waals surface area contributed by atoms with Crippen LogP contribution in [0.25, 0.3) is 0 Å². The number of nitrogens with one attached hydrogen (secondary N) is 2. The lowest BCUT2D eigenvalue weighted by Gasteiger charge is -2.29. The summed E-state index contributed by atoms with van der Waals surface area (Å²) in [5.41, 5.74) is 1.62. The van der Waals surface area contributed by atoms with E-state index in [-0.39, 0.29) is 5.03 Å². The van der Waals surface area contributed by atoms with E-state index in [4.69, 9.17) is 0 Å². The van der Waals surface area contributed by atoms with Crippen molar-refractivity contribution in [3.05, 3.63) is 11.3 Å². The van der Waals surface area contributed by atoms with Crippen LogP contribution < -0.4 is 5.32 Å². The number of thioether (sulfide) groups is 1. The maximum absolute atomic E-state index is 12.8. The van der Waals surface area contributed by atoms with Gasteiger partial charge in [-0.05, 0) is 19.8 Å². The van der Waals surface area contributed by atoms with Gasteiger partial charge in [0.1, 0.15) is 0 Å². The molecule has 3 rings (SSSR count). The van der Waals surface area contributed by atoms with Gasteiger partial charge in [0.25, 0.3) is 10.0 Å². The standard InChI is InChI=1S/C13H22N4O2S2/c1-9-8-17(5-6-20-9)21(18,19)13-12(10(2)15-16-13)7-14-11-3-4-11/h9,11,14H,3-8H2,1-2H3,(H,15,16). The Kier molecular flexibility index (Phi) is 4.31. The maximum atomic E-state index is 12.8. The first-order chi connectivity index (χ1) is 9.98. The van der Waals surface area contributed by atoms with Crippen LogP contribution in [0.15, 0.2) is 5.03 Å². The molecule has 1 unspecified atom stereocenters. The Labute approximate surface area is 130 Å². The van der Waals surface area contributed by atoms with Crippen molar-refractivity contribution in [3.8, 4) is 0 Å². The summed E-state index contributed by atoms with van der Waals surface area (Å²) in [6.07, 6.45) is 2.36. The molecule has 0 radical (unpaired) electrons. The van der Waals surface area contributed by atoms with Gasteiger partial charge in [-0.1, -0.05) is 6.92 Å². The lowest BCUT2D eigenvalue weighted by Crippen LogP contribution is -2.41. The highest BCUT2D eigenvalue weighted by Crippen LogP contribution is 2.27. The molecular weight excluding hydrogens is 308 g/mol. The third-order valence-electron chi connectivity index (χ3n) is 3.97. The summed E-state index contributed by atoms with van der Waals surface area (Å²) >= 11 is 1.82. The van der Waals surface area contributed by atoms with E-state index in [0.29, 0.717) is 30.9 Å². The molecular formula is C13H22N4O2S2. The van der Waals surface area contributed by atoms with Crippen molar-refractivity contribution in [2.24, 2.45) is 0 Å². The molecule has 8 heteroatoms. The van der Waals surface area contributed by atoms with E-state index in [1.807, 2.05) is 18.7 Å². The monoisotopic (exact) mass is 330 g/mol. The van der Waals surface area contributed by atoms with Crippen molar-refractivity contribution in [2.45, 2.75) is 49.6 Å². The molecule has 1 saturated heterocycles. The number of H-pyrrole nitrogens is 1. The summed E-state index contributed by atoms with van der Waals surface area (Å²) in [4.78, 5) is 0. The summed E-state index contributed by atoms with van der Waals surface area (Å²) in [7, 11) is -3.49. The SMILES string of the molecule is Cc1[nH]nc(S(=O)(=O)N2CCSC(C)C2)c1CNC1CC1. The van der Waals surface area contributed by atoms with Gasteiger partial charge in [0, 0.05) is 47.9 Å². The highest BCUT2D eigenvalue weighted by Gasteiger charge is 2.33. The topological polar surface area (TPSA) is 78.1 Å². The van der Waals surface area contributed by atoms with Gasteiger partial charge in [-0.3, -0.25) is 5.10 Å². The molecule has 1 aliphatic carbocycles. The fraction of sp³-hybridized carbons (Fsp3) is 0.769. The predicted molar refractivity (Wildman–Crippen MR) is 83.9 cm³/mol. The van der Waals surface area contributed by atoms with Crippen LogP contribution in [0.1, 0.15) is 31.0 Å². The molecule has 1 aromatic rings. The minimum absolute atomic E-state index is 0.201. The van der Waals surface area contributed by atoms with Crippen LogP contribution in [0.5, 0.6) is 0 Å². The Morgan fingerprint density at radius 3 is 2.90 bits per heavy atom. The molecule has 1 atom stereocenters. The zero-order chi connectivity index (χ0) is 15.0. The Bertz CT molecular complexity index is 610. The van der Waals surface area contributed by atoms with E-state index in [1.54, 1.807) is 4.31 Å². The quantitative estimate of drug-likeness (QED) is 0.845. The Morgan fingerprint density at radius 1 is 1.48 bits per heavy atom. The van der Waals surface area contributed by atoms with Gasteiger partial charge in [0.2, 0.25) is 0 Å². The molecule has 0 aromatic carbocycles. The van der Waals surface area contributed by atoms with Crippen molar-refractivity contribution in [2.75, 3.05) is 18.8 Å². The highest BCUT2D eigenvalue weighted by atomic mass is 32.2. The van der Waals surface area contributed by atoms with Crippen LogP contribution in [0, 0.1) is 6.92 Å². The molecule has 118 valence electrons. The van der Waals surface area contributed by atoms with Crippen molar-refractivity contribution < 1.29 is 8.42 Å². The van der Waals surface area contributed by atoms with Gasteiger partial charge in [0.15, 0.2) is 5.03 Å². The second-order valence-electron chi connectivity index (χ2n) is 5.83. The van der Waals surface area contributed by atoms with Gasteiger partial charge < -0.3 is 5.32 Å². The van der Waals surface area contributed by atoms with E-state index in [1.165, 1.54) is 12.8 Å². The van der Waals surface area contributed by atoms with Crippen molar-refractivity contribution in [1.82, 2.24) is 19.8 Å². The maximum Gasteiger partial charge on any atom is 0.262 e. The summed E-state index contributed by atoms with van der Waals surface area (Å²) in [5.74, 6) is 0.847. The second kappa shape index (κ2) is 5.91. The molecule has 6 nitrogen and oxygen atoms in total. The summed E-state index contributed by atoms with van der Waals surface area (Å²) < 4.78 is 27.2. The normalized spacial score (nSPS) is 24.4. The van der Waals surface area contributed by atoms with Gasteiger partial charge in [-0.2, -0.15) is 21.2 Å². The number of rotatable bonds is 5. The van der Waals surface area contributed by atoms with E-state index < -0.39 is 10.0 Å². The zero-order valence-corrected chi connectivity index (χ0v) is 14.1. The Hall–Kier alpha value is -0.570. The van der Waals surface area contributed by atoms with E-state index in [0.717, 1.165) is 17.0 Å². The molecule has 0 bridgehead atoms. The minimum Gasteiger partial charge on any atom is -0.310 e. The van der Waals surface area contributed by atoms with Crippen LogP contribution in [0.4, 0.5) is 0 Å². The average Bonchev–Trinajstić information content (AvgIpc) is 3.19. The van der Waals surface area contributed by atoms with Crippen LogP contribution in [-0.4, -0.2) is 53.1 Å². The Balaban J connectivity index is 1.83. The van der Waals surface area contributed by atoms with E-state index in [9.17, 15) is 8.42 Å². The van der Waals surface area contributed by atoms with Crippen LogP contribution in [0.3, 0.4) is 0 Å². The molecule has 2 N–H and O–H groups in total.